The van der Waals surface area contributed by atoms with E-state index in [4.69, 9.17) is 0 Å². The topological polar surface area (TPSA) is 29.9 Å². The lowest BCUT2D eigenvalue weighted by Gasteiger charge is -2.24. The molecule has 1 aromatic heterocycles. The SMILES string of the molecule is CCC(C)(C)NCc1c(C)nn(-c2ccccc2)c1C. The number of nitrogens with one attached hydrogen (secondary N) is 1. The van der Waals surface area contributed by atoms with Crippen LogP contribution >= 0.6 is 0 Å². The lowest BCUT2D eigenvalue weighted by Crippen LogP contribution is -2.38. The molecule has 0 aliphatic carbocycles. The third-order valence-corrected chi connectivity index (χ3v) is 4.07. The Bertz CT molecular complexity index is 567. The standard InChI is InChI=1S/C17H25N3/c1-6-17(4,5)18-12-16-13(2)19-20(14(16)3)15-10-8-7-9-11-15/h7-11,18H,6,12H2,1-5H3. The first kappa shape index (κ1) is 14.8. The molecule has 1 aromatic carbocycles. The Morgan fingerprint density at radius 1 is 1.15 bits per heavy atom. The average molecular weight is 271 g/mol. The van der Waals surface area contributed by atoms with Crippen molar-refractivity contribution in [1.29, 1.82) is 0 Å². The Labute approximate surface area is 122 Å². The smallest absolute Gasteiger partial charge is 0.0648 e. The summed E-state index contributed by atoms with van der Waals surface area (Å²) in [5.41, 5.74) is 4.90. The van der Waals surface area contributed by atoms with E-state index in [-0.39, 0.29) is 5.54 Å². The van der Waals surface area contributed by atoms with Crippen LogP contribution in [0.4, 0.5) is 0 Å². The van der Waals surface area contributed by atoms with Crippen molar-refractivity contribution < 1.29 is 0 Å². The Morgan fingerprint density at radius 3 is 2.40 bits per heavy atom. The molecule has 0 bridgehead atoms. The molecule has 1 heterocycles. The van der Waals surface area contributed by atoms with Gasteiger partial charge in [-0.3, -0.25) is 0 Å². The fraction of sp³-hybridized carbons (Fsp3) is 0.471. The minimum absolute atomic E-state index is 0.160. The molecule has 0 aliphatic rings. The van der Waals surface area contributed by atoms with Gasteiger partial charge in [-0.25, -0.2) is 4.68 Å². The van der Waals surface area contributed by atoms with Crippen LogP contribution in [0.25, 0.3) is 5.69 Å². The van der Waals surface area contributed by atoms with Gasteiger partial charge in [-0.05, 0) is 46.2 Å². The number of benzene rings is 1. The van der Waals surface area contributed by atoms with Crippen molar-refractivity contribution in [2.45, 2.75) is 53.1 Å². The van der Waals surface area contributed by atoms with Gasteiger partial charge < -0.3 is 5.32 Å². The van der Waals surface area contributed by atoms with Crippen molar-refractivity contribution in [1.82, 2.24) is 15.1 Å². The average Bonchev–Trinajstić information content (AvgIpc) is 2.73. The number of para-hydroxylation sites is 1. The summed E-state index contributed by atoms with van der Waals surface area (Å²) in [4.78, 5) is 0. The summed E-state index contributed by atoms with van der Waals surface area (Å²) in [6, 6.07) is 10.3. The molecule has 0 saturated heterocycles. The van der Waals surface area contributed by atoms with E-state index in [0.717, 1.165) is 24.3 Å². The molecule has 2 aromatic rings. The Hall–Kier alpha value is -1.61. The van der Waals surface area contributed by atoms with E-state index in [9.17, 15) is 0 Å². The molecular weight excluding hydrogens is 246 g/mol. The summed E-state index contributed by atoms with van der Waals surface area (Å²) in [6.45, 7) is 11.8. The van der Waals surface area contributed by atoms with Crippen molar-refractivity contribution in [3.8, 4) is 5.69 Å². The van der Waals surface area contributed by atoms with Crippen LogP contribution in [0.5, 0.6) is 0 Å². The highest BCUT2D eigenvalue weighted by atomic mass is 15.3. The van der Waals surface area contributed by atoms with Crippen LogP contribution in [-0.2, 0) is 6.54 Å². The third kappa shape index (κ3) is 3.10. The number of rotatable bonds is 5. The summed E-state index contributed by atoms with van der Waals surface area (Å²) < 4.78 is 2.03. The molecule has 2 rings (SSSR count). The minimum Gasteiger partial charge on any atom is -0.308 e. The molecule has 0 radical (unpaired) electrons. The second kappa shape index (κ2) is 5.80. The van der Waals surface area contributed by atoms with Gasteiger partial charge in [-0.1, -0.05) is 25.1 Å². The van der Waals surface area contributed by atoms with Crippen LogP contribution in [0.15, 0.2) is 30.3 Å². The second-order valence-electron chi connectivity index (χ2n) is 5.99. The summed E-state index contributed by atoms with van der Waals surface area (Å²) in [7, 11) is 0. The van der Waals surface area contributed by atoms with Crippen molar-refractivity contribution in [3.05, 3.63) is 47.3 Å². The number of hydrogen-bond acceptors (Lipinski definition) is 2. The predicted octanol–water partition coefficient (Wildman–Crippen LogP) is 3.77. The van der Waals surface area contributed by atoms with Gasteiger partial charge in [0.15, 0.2) is 0 Å². The third-order valence-electron chi connectivity index (χ3n) is 4.07. The number of aryl methyl sites for hydroxylation is 1. The fourth-order valence-corrected chi connectivity index (χ4v) is 2.20. The van der Waals surface area contributed by atoms with Crippen molar-refractivity contribution >= 4 is 0 Å². The van der Waals surface area contributed by atoms with E-state index in [1.54, 1.807) is 0 Å². The maximum Gasteiger partial charge on any atom is 0.0648 e. The molecule has 0 spiro atoms. The van der Waals surface area contributed by atoms with Gasteiger partial charge in [-0.2, -0.15) is 5.10 Å². The number of nitrogens with zero attached hydrogens (tertiary/aromatic N) is 2. The molecule has 3 nitrogen and oxygen atoms in total. The van der Waals surface area contributed by atoms with Crippen molar-refractivity contribution in [3.63, 3.8) is 0 Å². The second-order valence-corrected chi connectivity index (χ2v) is 5.99. The van der Waals surface area contributed by atoms with Gasteiger partial charge in [0.25, 0.3) is 0 Å². The number of hydrogen-bond donors (Lipinski definition) is 1. The van der Waals surface area contributed by atoms with Crippen LogP contribution < -0.4 is 5.32 Å². The molecule has 20 heavy (non-hydrogen) atoms. The zero-order chi connectivity index (χ0) is 14.8. The molecule has 0 saturated carbocycles. The molecule has 0 atom stereocenters. The number of aromatic nitrogens is 2. The lowest BCUT2D eigenvalue weighted by atomic mass is 10.0. The Kier molecular flexibility index (Phi) is 4.29. The monoisotopic (exact) mass is 271 g/mol. The van der Waals surface area contributed by atoms with Crippen LogP contribution in [0.3, 0.4) is 0 Å². The molecule has 3 heteroatoms. The summed E-state index contributed by atoms with van der Waals surface area (Å²) in [5.74, 6) is 0. The lowest BCUT2D eigenvalue weighted by molar-refractivity contribution is 0.374. The summed E-state index contributed by atoms with van der Waals surface area (Å²) >= 11 is 0. The fourth-order valence-electron chi connectivity index (χ4n) is 2.20. The quantitative estimate of drug-likeness (QED) is 0.897. The van der Waals surface area contributed by atoms with E-state index in [2.05, 4.69) is 57.2 Å². The highest BCUT2D eigenvalue weighted by Crippen LogP contribution is 2.19. The normalized spacial score (nSPS) is 11.8. The predicted molar refractivity (Wildman–Crippen MR) is 84.2 cm³/mol. The summed E-state index contributed by atoms with van der Waals surface area (Å²) in [6.07, 6.45) is 1.11. The first-order valence-corrected chi connectivity index (χ1v) is 7.30. The van der Waals surface area contributed by atoms with Crippen LogP contribution in [0.2, 0.25) is 0 Å². The van der Waals surface area contributed by atoms with Crippen LogP contribution in [0, 0.1) is 13.8 Å². The minimum atomic E-state index is 0.160. The van der Waals surface area contributed by atoms with Gasteiger partial charge in [0.1, 0.15) is 0 Å². The zero-order valence-corrected chi connectivity index (χ0v) is 13.2. The first-order chi connectivity index (χ1) is 9.44. The zero-order valence-electron chi connectivity index (χ0n) is 13.2. The molecule has 0 unspecified atom stereocenters. The Balaban J connectivity index is 2.26. The van der Waals surface area contributed by atoms with E-state index in [0.29, 0.717) is 0 Å². The highest BCUT2D eigenvalue weighted by molar-refractivity contribution is 5.36. The Morgan fingerprint density at radius 2 is 1.80 bits per heavy atom. The van der Waals surface area contributed by atoms with Gasteiger partial charge in [0, 0.05) is 23.3 Å². The molecule has 0 amide bonds. The molecule has 0 aliphatic heterocycles. The van der Waals surface area contributed by atoms with Crippen molar-refractivity contribution in [2.24, 2.45) is 0 Å². The van der Waals surface area contributed by atoms with E-state index >= 15 is 0 Å². The van der Waals surface area contributed by atoms with Gasteiger partial charge in [0.2, 0.25) is 0 Å². The largest absolute Gasteiger partial charge is 0.308 e. The van der Waals surface area contributed by atoms with E-state index in [1.807, 2.05) is 22.9 Å². The molecular formula is C17H25N3. The molecule has 1 N–H and O–H groups in total. The van der Waals surface area contributed by atoms with Crippen LogP contribution in [0.1, 0.15) is 44.1 Å². The van der Waals surface area contributed by atoms with Gasteiger partial charge in [-0.15, -0.1) is 0 Å². The maximum absolute atomic E-state index is 4.68. The van der Waals surface area contributed by atoms with E-state index in [1.165, 1.54) is 11.3 Å². The van der Waals surface area contributed by atoms with E-state index < -0.39 is 0 Å². The molecule has 0 fully saturated rings. The summed E-state index contributed by atoms with van der Waals surface area (Å²) in [5, 5.41) is 8.30. The highest BCUT2D eigenvalue weighted by Gasteiger charge is 2.17. The van der Waals surface area contributed by atoms with Gasteiger partial charge >= 0.3 is 0 Å². The van der Waals surface area contributed by atoms with Crippen LogP contribution in [-0.4, -0.2) is 15.3 Å². The molecule has 108 valence electrons. The van der Waals surface area contributed by atoms with Crippen molar-refractivity contribution in [2.75, 3.05) is 0 Å². The maximum atomic E-state index is 4.68. The first-order valence-electron chi connectivity index (χ1n) is 7.30. The van der Waals surface area contributed by atoms with Gasteiger partial charge in [0.05, 0.1) is 11.4 Å².